The minimum absolute atomic E-state index is 0.0872. The molecule has 0 spiro atoms. The van der Waals surface area contributed by atoms with E-state index in [1.54, 1.807) is 19.4 Å². The number of methoxy groups -OCH3 is 1. The first kappa shape index (κ1) is 23.0. The number of likely N-dealkylation sites (tertiary alicyclic amines) is 1. The fraction of sp³-hybridized carbons (Fsp3) is 0.393. The number of nitrogens with zero attached hydrogens (tertiary/aromatic N) is 1. The average Bonchev–Trinajstić information content (AvgIpc) is 3.26. The monoisotopic (exact) mass is 447 g/mol. The highest BCUT2D eigenvalue weighted by Gasteiger charge is 2.24. The van der Waals surface area contributed by atoms with Crippen LogP contribution >= 0.6 is 0 Å². The van der Waals surface area contributed by atoms with Gasteiger partial charge in [-0.05, 0) is 68.9 Å². The Morgan fingerprint density at radius 3 is 2.67 bits per heavy atom. The summed E-state index contributed by atoms with van der Waals surface area (Å²) >= 11 is 0. The lowest BCUT2D eigenvalue weighted by atomic mass is 9.97. The van der Waals surface area contributed by atoms with E-state index in [2.05, 4.69) is 13.0 Å². The fourth-order valence-electron chi connectivity index (χ4n) is 4.69. The van der Waals surface area contributed by atoms with Gasteiger partial charge in [0.05, 0.1) is 20.0 Å². The molecule has 33 heavy (non-hydrogen) atoms. The number of carbonyl (C=O) groups is 1. The SMILES string of the molecule is CCOc1cc2occ(-c3ccc(OC)cc3)c2cc1/C(C)=C/C(=O)N1CCCCC1CC. The molecule has 1 amide bonds. The van der Waals surface area contributed by atoms with Gasteiger partial charge in [-0.3, -0.25) is 4.79 Å². The average molecular weight is 448 g/mol. The first-order chi connectivity index (χ1) is 16.0. The van der Waals surface area contributed by atoms with Gasteiger partial charge in [-0.1, -0.05) is 19.1 Å². The molecule has 1 unspecified atom stereocenters. The number of ether oxygens (including phenoxy) is 2. The van der Waals surface area contributed by atoms with Gasteiger partial charge < -0.3 is 18.8 Å². The van der Waals surface area contributed by atoms with Gasteiger partial charge in [-0.15, -0.1) is 0 Å². The van der Waals surface area contributed by atoms with Crippen LogP contribution in [0.25, 0.3) is 27.7 Å². The maximum atomic E-state index is 13.2. The van der Waals surface area contributed by atoms with Gasteiger partial charge in [0, 0.05) is 41.2 Å². The molecule has 0 aliphatic carbocycles. The second-order valence-electron chi connectivity index (χ2n) is 8.57. The summed E-state index contributed by atoms with van der Waals surface area (Å²) in [6.45, 7) is 7.48. The minimum atomic E-state index is 0.0872. The third-order valence-corrected chi connectivity index (χ3v) is 6.52. The van der Waals surface area contributed by atoms with E-state index >= 15 is 0 Å². The van der Waals surface area contributed by atoms with Crippen molar-refractivity contribution in [2.45, 2.75) is 52.5 Å². The first-order valence-electron chi connectivity index (χ1n) is 11.9. The highest BCUT2D eigenvalue weighted by atomic mass is 16.5. The van der Waals surface area contributed by atoms with Crippen molar-refractivity contribution >= 4 is 22.4 Å². The molecule has 1 aromatic heterocycles. The zero-order chi connectivity index (χ0) is 23.4. The van der Waals surface area contributed by atoms with Gasteiger partial charge in [0.1, 0.15) is 17.1 Å². The van der Waals surface area contributed by atoms with Gasteiger partial charge in [0.2, 0.25) is 5.91 Å². The van der Waals surface area contributed by atoms with E-state index in [9.17, 15) is 4.79 Å². The van der Waals surface area contributed by atoms with Crippen molar-refractivity contribution in [3.8, 4) is 22.6 Å². The number of benzene rings is 2. The maximum absolute atomic E-state index is 13.2. The van der Waals surface area contributed by atoms with E-state index in [0.29, 0.717) is 12.6 Å². The molecule has 1 atom stereocenters. The van der Waals surface area contributed by atoms with Crippen molar-refractivity contribution in [2.75, 3.05) is 20.3 Å². The molecule has 1 aliphatic rings. The summed E-state index contributed by atoms with van der Waals surface area (Å²) < 4.78 is 17.1. The third kappa shape index (κ3) is 4.77. The van der Waals surface area contributed by atoms with Crippen molar-refractivity contribution in [3.05, 3.63) is 54.3 Å². The summed E-state index contributed by atoms with van der Waals surface area (Å²) in [7, 11) is 1.66. The Morgan fingerprint density at radius 2 is 1.97 bits per heavy atom. The lowest BCUT2D eigenvalue weighted by Gasteiger charge is -2.34. The molecule has 3 aromatic rings. The number of piperidine rings is 1. The molecule has 1 fully saturated rings. The Bertz CT molecular complexity index is 1140. The predicted octanol–water partition coefficient (Wildman–Crippen LogP) is 6.70. The lowest BCUT2D eigenvalue weighted by molar-refractivity contribution is -0.129. The summed E-state index contributed by atoms with van der Waals surface area (Å²) in [5.74, 6) is 1.63. The Hall–Kier alpha value is -3.21. The quantitative estimate of drug-likeness (QED) is 0.378. The molecule has 2 aromatic carbocycles. The summed E-state index contributed by atoms with van der Waals surface area (Å²) in [4.78, 5) is 15.2. The Morgan fingerprint density at radius 1 is 1.18 bits per heavy atom. The van der Waals surface area contributed by atoms with E-state index in [1.165, 1.54) is 6.42 Å². The van der Waals surface area contributed by atoms with Gasteiger partial charge in [-0.2, -0.15) is 0 Å². The number of fused-ring (bicyclic) bond motifs is 1. The number of amides is 1. The third-order valence-electron chi connectivity index (χ3n) is 6.52. The van der Waals surface area contributed by atoms with Crippen LogP contribution in [0.2, 0.25) is 0 Å². The molecule has 0 bridgehead atoms. The van der Waals surface area contributed by atoms with Crippen molar-refractivity contribution < 1.29 is 18.7 Å². The van der Waals surface area contributed by atoms with Crippen LogP contribution < -0.4 is 9.47 Å². The van der Waals surface area contributed by atoms with Crippen LogP contribution in [0.3, 0.4) is 0 Å². The zero-order valence-corrected chi connectivity index (χ0v) is 20.0. The Labute approximate surface area is 196 Å². The second kappa shape index (κ2) is 10.2. The standard InChI is InChI=1S/C28H33NO4/c1-5-21-9-7-8-14-29(21)28(30)15-19(3)23-16-24-25(20-10-12-22(31-4)13-11-20)18-33-27(24)17-26(23)32-6-2/h10-13,15-18,21H,5-9,14H2,1-4H3/b19-15+. The number of hydrogen-bond acceptors (Lipinski definition) is 4. The molecule has 174 valence electrons. The molecule has 5 heteroatoms. The number of hydrogen-bond donors (Lipinski definition) is 0. The van der Waals surface area contributed by atoms with E-state index in [4.69, 9.17) is 13.9 Å². The molecule has 4 rings (SSSR count). The van der Waals surface area contributed by atoms with Gasteiger partial charge in [-0.25, -0.2) is 0 Å². The summed E-state index contributed by atoms with van der Waals surface area (Å²) in [5, 5.41) is 0.989. The molecular weight excluding hydrogens is 414 g/mol. The summed E-state index contributed by atoms with van der Waals surface area (Å²) in [5.41, 5.74) is 4.61. The largest absolute Gasteiger partial charge is 0.497 e. The van der Waals surface area contributed by atoms with E-state index in [1.807, 2.05) is 49.1 Å². The molecule has 1 aliphatic heterocycles. The molecule has 0 N–H and O–H groups in total. The lowest BCUT2D eigenvalue weighted by Crippen LogP contribution is -2.42. The molecule has 1 saturated heterocycles. The number of carbonyl (C=O) groups excluding carboxylic acids is 1. The van der Waals surface area contributed by atoms with Crippen molar-refractivity contribution in [1.82, 2.24) is 4.90 Å². The van der Waals surface area contributed by atoms with Gasteiger partial charge >= 0.3 is 0 Å². The summed E-state index contributed by atoms with van der Waals surface area (Å²) in [6.07, 6.45) is 7.90. The Balaban J connectivity index is 1.73. The van der Waals surface area contributed by atoms with E-state index in [0.717, 1.165) is 70.5 Å². The van der Waals surface area contributed by atoms with Crippen LogP contribution in [-0.2, 0) is 4.79 Å². The Kier molecular flexibility index (Phi) is 7.07. The number of allylic oxidation sites excluding steroid dienone is 1. The molecule has 0 saturated carbocycles. The minimum Gasteiger partial charge on any atom is -0.497 e. The van der Waals surface area contributed by atoms with Crippen molar-refractivity contribution in [2.24, 2.45) is 0 Å². The van der Waals surface area contributed by atoms with Crippen LogP contribution in [0.4, 0.5) is 0 Å². The van der Waals surface area contributed by atoms with Crippen LogP contribution in [-0.4, -0.2) is 37.1 Å². The van der Waals surface area contributed by atoms with Crippen molar-refractivity contribution in [3.63, 3.8) is 0 Å². The maximum Gasteiger partial charge on any atom is 0.247 e. The topological polar surface area (TPSA) is 51.9 Å². The fourth-order valence-corrected chi connectivity index (χ4v) is 4.69. The van der Waals surface area contributed by atoms with Crippen LogP contribution in [0, 0.1) is 0 Å². The number of furan rings is 1. The van der Waals surface area contributed by atoms with Crippen molar-refractivity contribution in [1.29, 1.82) is 0 Å². The van der Waals surface area contributed by atoms with E-state index in [-0.39, 0.29) is 5.91 Å². The second-order valence-corrected chi connectivity index (χ2v) is 8.57. The molecule has 5 nitrogen and oxygen atoms in total. The molecule has 2 heterocycles. The van der Waals surface area contributed by atoms with Crippen LogP contribution in [0.1, 0.15) is 52.0 Å². The molecular formula is C28H33NO4. The van der Waals surface area contributed by atoms with Gasteiger partial charge in [0.15, 0.2) is 0 Å². The predicted molar refractivity (Wildman–Crippen MR) is 133 cm³/mol. The van der Waals surface area contributed by atoms with Crippen LogP contribution in [0.15, 0.2) is 53.2 Å². The highest BCUT2D eigenvalue weighted by Crippen LogP contribution is 2.38. The number of rotatable bonds is 7. The summed E-state index contributed by atoms with van der Waals surface area (Å²) in [6, 6.07) is 12.3. The highest BCUT2D eigenvalue weighted by molar-refractivity contribution is 6.00. The van der Waals surface area contributed by atoms with E-state index < -0.39 is 0 Å². The van der Waals surface area contributed by atoms with Crippen LogP contribution in [0.5, 0.6) is 11.5 Å². The van der Waals surface area contributed by atoms with Gasteiger partial charge in [0.25, 0.3) is 0 Å². The molecule has 0 radical (unpaired) electrons. The first-order valence-corrected chi connectivity index (χ1v) is 11.9. The smallest absolute Gasteiger partial charge is 0.247 e. The normalized spacial score (nSPS) is 16.8. The zero-order valence-electron chi connectivity index (χ0n) is 20.0.